The van der Waals surface area contributed by atoms with Crippen LogP contribution in [0.4, 0.5) is 10.1 Å². The van der Waals surface area contributed by atoms with Crippen molar-refractivity contribution in [3.8, 4) is 28.6 Å². The Morgan fingerprint density at radius 3 is 2.85 bits per heavy atom. The smallest absolute Gasteiger partial charge is 0.437 e. The summed E-state index contributed by atoms with van der Waals surface area (Å²) in [4.78, 5) is 16.1. The molecular formula is C17H13Cl2FN4O3. The van der Waals surface area contributed by atoms with E-state index in [4.69, 9.17) is 38.1 Å². The van der Waals surface area contributed by atoms with Gasteiger partial charge in [-0.1, -0.05) is 29.3 Å². The standard InChI is InChI=1S/C17H13Cl2FN4O3/c1-3-6-24-17(25)27-16(23-24)14-12(19)10(21)7-11(22-14)8-4-5-9(18)15(26-2)13(8)20/h3-5,7H,1,6H2,2H3,(H2,21,22). The number of pyridine rings is 1. The Labute approximate surface area is 162 Å². The van der Waals surface area contributed by atoms with E-state index in [1.54, 1.807) is 0 Å². The largest absolute Gasteiger partial charge is 0.492 e. The van der Waals surface area contributed by atoms with E-state index in [0.29, 0.717) is 0 Å². The third-order valence-electron chi connectivity index (χ3n) is 3.63. The highest BCUT2D eigenvalue weighted by Crippen LogP contribution is 2.37. The molecule has 2 aromatic heterocycles. The molecule has 10 heteroatoms. The first-order valence-corrected chi connectivity index (χ1v) is 8.30. The summed E-state index contributed by atoms with van der Waals surface area (Å²) in [5, 5.41) is 4.13. The number of allylic oxidation sites excluding steroid dienone is 1. The fourth-order valence-electron chi connectivity index (χ4n) is 2.39. The molecule has 140 valence electrons. The third-order valence-corrected chi connectivity index (χ3v) is 4.32. The number of rotatable bonds is 5. The number of ether oxygens (including phenoxy) is 1. The van der Waals surface area contributed by atoms with Crippen molar-refractivity contribution in [2.75, 3.05) is 12.8 Å². The monoisotopic (exact) mass is 410 g/mol. The SMILES string of the molecule is C=CCn1nc(-c2nc(-c3ccc(Cl)c(OC)c3F)cc(N)c2Cl)oc1=O. The number of anilines is 1. The van der Waals surface area contributed by atoms with Crippen molar-refractivity contribution < 1.29 is 13.5 Å². The van der Waals surface area contributed by atoms with Crippen molar-refractivity contribution in [3.63, 3.8) is 0 Å². The summed E-state index contributed by atoms with van der Waals surface area (Å²) in [6.07, 6.45) is 1.48. The summed E-state index contributed by atoms with van der Waals surface area (Å²) in [6, 6.07) is 4.27. The molecule has 2 heterocycles. The maximum Gasteiger partial charge on any atom is 0.437 e. The Hall–Kier alpha value is -2.84. The molecule has 0 saturated heterocycles. The van der Waals surface area contributed by atoms with Crippen LogP contribution >= 0.6 is 23.2 Å². The van der Waals surface area contributed by atoms with Gasteiger partial charge in [-0.2, -0.15) is 4.68 Å². The Kier molecular flexibility index (Phi) is 5.20. The van der Waals surface area contributed by atoms with Crippen LogP contribution in [-0.4, -0.2) is 21.9 Å². The molecule has 0 aliphatic carbocycles. The lowest BCUT2D eigenvalue weighted by Crippen LogP contribution is -2.14. The highest BCUT2D eigenvalue weighted by atomic mass is 35.5. The summed E-state index contributed by atoms with van der Waals surface area (Å²) in [5.74, 6) is -1.72. The predicted molar refractivity (Wildman–Crippen MR) is 101 cm³/mol. The van der Waals surface area contributed by atoms with Crippen LogP contribution in [0.2, 0.25) is 10.0 Å². The maximum absolute atomic E-state index is 14.7. The van der Waals surface area contributed by atoms with Crippen LogP contribution < -0.4 is 16.2 Å². The topological polar surface area (TPSA) is 96.2 Å². The Morgan fingerprint density at radius 1 is 1.44 bits per heavy atom. The summed E-state index contributed by atoms with van der Waals surface area (Å²) in [7, 11) is 1.30. The minimum absolute atomic E-state index is 0.0000965. The van der Waals surface area contributed by atoms with Crippen LogP contribution in [0.25, 0.3) is 22.8 Å². The molecule has 0 spiro atoms. The van der Waals surface area contributed by atoms with Crippen molar-refractivity contribution in [1.82, 2.24) is 14.8 Å². The summed E-state index contributed by atoms with van der Waals surface area (Å²) >= 11 is 12.1. The third kappa shape index (κ3) is 3.41. The van der Waals surface area contributed by atoms with Crippen molar-refractivity contribution in [1.29, 1.82) is 0 Å². The molecule has 3 aromatic rings. The molecule has 27 heavy (non-hydrogen) atoms. The highest BCUT2D eigenvalue weighted by Gasteiger charge is 2.21. The Bertz CT molecular complexity index is 1090. The number of methoxy groups -OCH3 is 1. The summed E-state index contributed by atoms with van der Waals surface area (Å²) < 4.78 is 25.8. The number of hydrogen-bond acceptors (Lipinski definition) is 6. The number of hydrogen-bond donors (Lipinski definition) is 1. The average Bonchev–Trinajstić information content (AvgIpc) is 2.99. The van der Waals surface area contributed by atoms with Gasteiger partial charge < -0.3 is 14.9 Å². The number of nitrogens with zero attached hydrogens (tertiary/aromatic N) is 3. The molecular weight excluding hydrogens is 398 g/mol. The van der Waals surface area contributed by atoms with Crippen molar-refractivity contribution >= 4 is 28.9 Å². The Morgan fingerprint density at radius 2 is 2.19 bits per heavy atom. The zero-order chi connectivity index (χ0) is 19.7. The van der Waals surface area contributed by atoms with Gasteiger partial charge in [-0.3, -0.25) is 0 Å². The Balaban J connectivity index is 2.20. The molecule has 0 aliphatic rings. The highest BCUT2D eigenvalue weighted by molar-refractivity contribution is 6.35. The first-order valence-electron chi connectivity index (χ1n) is 7.55. The van der Waals surface area contributed by atoms with Gasteiger partial charge in [0.05, 0.1) is 35.1 Å². The van der Waals surface area contributed by atoms with Crippen LogP contribution in [0.5, 0.6) is 5.75 Å². The summed E-state index contributed by atoms with van der Waals surface area (Å²) in [5.41, 5.74) is 6.25. The van der Waals surface area contributed by atoms with Gasteiger partial charge in [-0.25, -0.2) is 14.2 Å². The maximum atomic E-state index is 14.7. The average molecular weight is 411 g/mol. The van der Waals surface area contributed by atoms with E-state index in [-0.39, 0.29) is 50.9 Å². The first-order chi connectivity index (χ1) is 12.9. The molecule has 0 saturated carbocycles. The molecule has 7 nitrogen and oxygen atoms in total. The number of nitrogens with two attached hydrogens (primary N) is 1. The van der Waals surface area contributed by atoms with Gasteiger partial charge in [0.15, 0.2) is 11.6 Å². The zero-order valence-corrected chi connectivity index (χ0v) is 15.5. The lowest BCUT2D eigenvalue weighted by molar-refractivity contribution is 0.387. The second kappa shape index (κ2) is 7.42. The number of halogens is 3. The quantitative estimate of drug-likeness (QED) is 0.642. The van der Waals surface area contributed by atoms with Gasteiger partial charge in [-0.15, -0.1) is 11.7 Å². The van der Waals surface area contributed by atoms with Crippen LogP contribution in [-0.2, 0) is 6.54 Å². The van der Waals surface area contributed by atoms with Crippen molar-refractivity contribution in [2.24, 2.45) is 0 Å². The van der Waals surface area contributed by atoms with E-state index in [1.165, 1.54) is 31.4 Å². The van der Waals surface area contributed by atoms with Gasteiger partial charge in [0.1, 0.15) is 5.69 Å². The van der Waals surface area contributed by atoms with Crippen LogP contribution in [0, 0.1) is 5.82 Å². The normalized spacial score (nSPS) is 10.8. The molecule has 0 bridgehead atoms. The minimum atomic E-state index is -0.719. The van der Waals surface area contributed by atoms with Gasteiger partial charge >= 0.3 is 5.76 Å². The molecule has 0 fully saturated rings. The van der Waals surface area contributed by atoms with Gasteiger partial charge in [0.25, 0.3) is 5.89 Å². The fourth-order valence-corrected chi connectivity index (χ4v) is 2.79. The van der Waals surface area contributed by atoms with Gasteiger partial charge in [0, 0.05) is 5.56 Å². The molecule has 0 atom stereocenters. The molecule has 2 N–H and O–H groups in total. The van der Waals surface area contributed by atoms with Crippen molar-refractivity contribution in [2.45, 2.75) is 6.54 Å². The lowest BCUT2D eigenvalue weighted by Gasteiger charge is -2.11. The van der Waals surface area contributed by atoms with E-state index >= 15 is 0 Å². The van der Waals surface area contributed by atoms with Gasteiger partial charge in [0.2, 0.25) is 0 Å². The number of aromatic nitrogens is 3. The first kappa shape index (κ1) is 18.9. The number of nitrogen functional groups attached to an aromatic ring is 1. The zero-order valence-electron chi connectivity index (χ0n) is 14.0. The summed E-state index contributed by atoms with van der Waals surface area (Å²) in [6.45, 7) is 3.67. The van der Waals surface area contributed by atoms with Crippen LogP contribution in [0.15, 0.2) is 40.1 Å². The van der Waals surface area contributed by atoms with Crippen LogP contribution in [0.1, 0.15) is 0 Å². The molecule has 0 aliphatic heterocycles. The molecule has 1 aromatic carbocycles. The van der Waals surface area contributed by atoms with Crippen molar-refractivity contribution in [3.05, 3.63) is 57.3 Å². The van der Waals surface area contributed by atoms with E-state index in [1.807, 2.05) is 0 Å². The van der Waals surface area contributed by atoms with E-state index < -0.39 is 11.6 Å². The predicted octanol–water partition coefficient (Wildman–Crippen LogP) is 3.79. The van der Waals surface area contributed by atoms with E-state index in [9.17, 15) is 9.18 Å². The molecule has 0 radical (unpaired) electrons. The molecule has 0 amide bonds. The molecule has 3 rings (SSSR count). The minimum Gasteiger partial charge on any atom is -0.492 e. The fraction of sp³-hybridized carbons (Fsp3) is 0.118. The van der Waals surface area contributed by atoms with Gasteiger partial charge in [-0.05, 0) is 18.2 Å². The van der Waals surface area contributed by atoms with Crippen LogP contribution in [0.3, 0.4) is 0 Å². The van der Waals surface area contributed by atoms with E-state index in [2.05, 4.69) is 16.7 Å². The lowest BCUT2D eigenvalue weighted by atomic mass is 10.1. The van der Waals surface area contributed by atoms with E-state index in [0.717, 1.165) is 4.68 Å². The second-order valence-corrected chi connectivity index (χ2v) is 6.13. The second-order valence-electron chi connectivity index (χ2n) is 5.35. The molecule has 0 unspecified atom stereocenters. The number of benzene rings is 1.